The lowest BCUT2D eigenvalue weighted by Crippen LogP contribution is -2.50. The van der Waals surface area contributed by atoms with Gasteiger partial charge >= 0.3 is 0 Å². The third-order valence-electron chi connectivity index (χ3n) is 5.71. The van der Waals surface area contributed by atoms with Gasteiger partial charge in [-0.25, -0.2) is 8.42 Å². The van der Waals surface area contributed by atoms with Gasteiger partial charge in [0.15, 0.2) is 0 Å². The van der Waals surface area contributed by atoms with Crippen LogP contribution in [0.25, 0.3) is 0 Å². The lowest BCUT2D eigenvalue weighted by molar-refractivity contribution is -0.132. The third-order valence-corrected chi connectivity index (χ3v) is 7.62. The molecule has 0 aliphatic carbocycles. The van der Waals surface area contributed by atoms with Gasteiger partial charge in [-0.15, -0.1) is 0 Å². The zero-order valence-corrected chi connectivity index (χ0v) is 19.6. The molecule has 0 spiro atoms. The number of nitrogens with zero attached hydrogens (tertiary/aromatic N) is 2. The fraction of sp³-hybridized carbons (Fsp3) is 0.458. The van der Waals surface area contributed by atoms with E-state index in [1.54, 1.807) is 24.1 Å². The molecule has 1 amide bonds. The molecule has 168 valence electrons. The van der Waals surface area contributed by atoms with Gasteiger partial charge in [0, 0.05) is 32.6 Å². The number of aryl methyl sites for hydroxylation is 1. The zero-order chi connectivity index (χ0) is 22.6. The van der Waals surface area contributed by atoms with Crippen molar-refractivity contribution in [2.45, 2.75) is 43.9 Å². The Labute approximate surface area is 185 Å². The monoisotopic (exact) mass is 444 g/mol. The molecule has 0 radical (unpaired) electrons. The second-order valence-corrected chi connectivity index (χ2v) is 10.8. The van der Waals surface area contributed by atoms with E-state index >= 15 is 0 Å². The maximum absolute atomic E-state index is 13.0. The summed E-state index contributed by atoms with van der Waals surface area (Å²) in [6.45, 7) is 7.75. The Bertz CT molecular complexity index is 1000. The van der Waals surface area contributed by atoms with E-state index in [9.17, 15) is 13.2 Å². The predicted octanol–water partition coefficient (Wildman–Crippen LogP) is 3.46. The standard InChI is InChI=1S/C24H32N2O4S/c1-24(2,3)20-9-11-22(12-10-20)31(28,29)26-16-14-25(15-17-26)23(27)13-8-19-6-5-7-21(18-19)30-4/h5-7,9-12,18H,8,13-17H2,1-4H3. The van der Waals surface area contributed by atoms with Crippen LogP contribution in [0, 0.1) is 0 Å². The van der Waals surface area contributed by atoms with Crippen molar-refractivity contribution in [3.05, 3.63) is 59.7 Å². The molecule has 0 saturated carbocycles. The molecule has 0 atom stereocenters. The van der Waals surface area contributed by atoms with Gasteiger partial charge in [-0.2, -0.15) is 4.31 Å². The first-order chi connectivity index (χ1) is 14.6. The summed E-state index contributed by atoms with van der Waals surface area (Å²) in [5, 5.41) is 0. The second-order valence-electron chi connectivity index (χ2n) is 8.91. The van der Waals surface area contributed by atoms with Gasteiger partial charge in [0.25, 0.3) is 0 Å². The summed E-state index contributed by atoms with van der Waals surface area (Å²) in [6.07, 6.45) is 1.03. The predicted molar refractivity (Wildman–Crippen MR) is 122 cm³/mol. The lowest BCUT2D eigenvalue weighted by Gasteiger charge is -2.34. The molecule has 0 aromatic heterocycles. The number of amides is 1. The van der Waals surface area contributed by atoms with Crippen LogP contribution >= 0.6 is 0 Å². The first-order valence-corrected chi connectivity index (χ1v) is 12.1. The number of methoxy groups -OCH3 is 1. The largest absolute Gasteiger partial charge is 0.497 e. The summed E-state index contributed by atoms with van der Waals surface area (Å²) in [4.78, 5) is 14.7. The summed E-state index contributed by atoms with van der Waals surface area (Å²) in [5.74, 6) is 0.828. The number of carbonyl (C=O) groups is 1. The van der Waals surface area contributed by atoms with E-state index in [1.165, 1.54) is 4.31 Å². The lowest BCUT2D eigenvalue weighted by atomic mass is 9.87. The van der Waals surface area contributed by atoms with Gasteiger partial charge in [0.2, 0.25) is 15.9 Å². The first kappa shape index (κ1) is 23.3. The van der Waals surface area contributed by atoms with Crippen LogP contribution in [-0.4, -0.2) is 56.8 Å². The average molecular weight is 445 g/mol. The van der Waals surface area contributed by atoms with E-state index in [4.69, 9.17) is 4.74 Å². The number of hydrogen-bond acceptors (Lipinski definition) is 4. The van der Waals surface area contributed by atoms with Crippen molar-refractivity contribution >= 4 is 15.9 Å². The topological polar surface area (TPSA) is 66.9 Å². The van der Waals surface area contributed by atoms with Crippen molar-refractivity contribution in [3.63, 3.8) is 0 Å². The van der Waals surface area contributed by atoms with E-state index in [0.29, 0.717) is 43.9 Å². The van der Waals surface area contributed by atoms with E-state index < -0.39 is 10.0 Å². The van der Waals surface area contributed by atoms with Gasteiger partial charge in [-0.3, -0.25) is 4.79 Å². The maximum atomic E-state index is 13.0. The quantitative estimate of drug-likeness (QED) is 0.684. The molecule has 2 aromatic carbocycles. The molecule has 0 N–H and O–H groups in total. The molecule has 1 aliphatic heterocycles. The molecule has 3 rings (SSSR count). The Morgan fingerprint density at radius 2 is 1.65 bits per heavy atom. The van der Waals surface area contributed by atoms with Crippen molar-refractivity contribution < 1.29 is 17.9 Å². The summed E-state index contributed by atoms with van der Waals surface area (Å²) in [7, 11) is -1.93. The Morgan fingerprint density at radius 1 is 1.00 bits per heavy atom. The smallest absolute Gasteiger partial charge is 0.243 e. The van der Waals surface area contributed by atoms with Crippen molar-refractivity contribution in [1.82, 2.24) is 9.21 Å². The highest BCUT2D eigenvalue weighted by atomic mass is 32.2. The number of piperazine rings is 1. The van der Waals surface area contributed by atoms with E-state index in [2.05, 4.69) is 20.8 Å². The summed E-state index contributed by atoms with van der Waals surface area (Å²) < 4.78 is 32.7. The molecule has 6 nitrogen and oxygen atoms in total. The minimum absolute atomic E-state index is 0.0286. The van der Waals surface area contributed by atoms with Gasteiger partial charge in [0.05, 0.1) is 12.0 Å². The van der Waals surface area contributed by atoms with Crippen LogP contribution in [0.4, 0.5) is 0 Å². The fourth-order valence-corrected chi connectivity index (χ4v) is 5.11. The van der Waals surface area contributed by atoms with E-state index in [-0.39, 0.29) is 11.3 Å². The van der Waals surface area contributed by atoms with Crippen LogP contribution in [-0.2, 0) is 26.7 Å². The minimum Gasteiger partial charge on any atom is -0.497 e. The zero-order valence-electron chi connectivity index (χ0n) is 18.8. The minimum atomic E-state index is -3.55. The molecule has 2 aromatic rings. The van der Waals surface area contributed by atoms with E-state index in [0.717, 1.165) is 16.9 Å². The molecule has 0 unspecified atom stereocenters. The second kappa shape index (κ2) is 9.40. The SMILES string of the molecule is COc1cccc(CCC(=O)N2CCN(S(=O)(=O)c3ccc(C(C)(C)C)cc3)CC2)c1. The van der Waals surface area contributed by atoms with Crippen LogP contribution in [0.1, 0.15) is 38.3 Å². The molecule has 1 fully saturated rings. The van der Waals surface area contributed by atoms with Crippen molar-refractivity contribution in [3.8, 4) is 5.75 Å². The van der Waals surface area contributed by atoms with Crippen LogP contribution < -0.4 is 4.74 Å². The molecule has 1 saturated heterocycles. The average Bonchev–Trinajstić information content (AvgIpc) is 2.77. The molecular weight excluding hydrogens is 412 g/mol. The van der Waals surface area contributed by atoms with E-state index in [1.807, 2.05) is 36.4 Å². The Hall–Kier alpha value is -2.38. The van der Waals surface area contributed by atoms with Crippen LogP contribution in [0.3, 0.4) is 0 Å². The van der Waals surface area contributed by atoms with Gasteiger partial charge < -0.3 is 9.64 Å². The summed E-state index contributed by atoms with van der Waals surface area (Å²) in [5.41, 5.74) is 2.12. The third kappa shape index (κ3) is 5.66. The number of ether oxygens (including phenoxy) is 1. The number of carbonyl (C=O) groups excluding carboxylic acids is 1. The normalized spacial score (nSPS) is 15.7. The number of rotatable bonds is 6. The highest BCUT2D eigenvalue weighted by molar-refractivity contribution is 7.89. The fourth-order valence-electron chi connectivity index (χ4n) is 3.69. The number of hydrogen-bond donors (Lipinski definition) is 0. The number of sulfonamides is 1. The Balaban J connectivity index is 1.56. The summed E-state index contributed by atoms with van der Waals surface area (Å²) in [6, 6.07) is 14.8. The Morgan fingerprint density at radius 3 is 2.23 bits per heavy atom. The van der Waals surface area contributed by atoms with Gasteiger partial charge in [-0.1, -0.05) is 45.0 Å². The van der Waals surface area contributed by atoms with Gasteiger partial charge in [-0.05, 0) is 47.2 Å². The number of benzene rings is 2. The molecular formula is C24H32N2O4S. The van der Waals surface area contributed by atoms with Crippen LogP contribution in [0.5, 0.6) is 5.75 Å². The van der Waals surface area contributed by atoms with Gasteiger partial charge in [0.1, 0.15) is 5.75 Å². The van der Waals surface area contributed by atoms with Crippen molar-refractivity contribution in [2.75, 3.05) is 33.3 Å². The maximum Gasteiger partial charge on any atom is 0.243 e. The molecule has 0 bridgehead atoms. The van der Waals surface area contributed by atoms with Crippen LogP contribution in [0.2, 0.25) is 0 Å². The molecule has 1 aliphatic rings. The highest BCUT2D eigenvalue weighted by Crippen LogP contribution is 2.25. The Kier molecular flexibility index (Phi) is 7.06. The van der Waals surface area contributed by atoms with Crippen molar-refractivity contribution in [2.24, 2.45) is 0 Å². The molecule has 1 heterocycles. The van der Waals surface area contributed by atoms with Crippen molar-refractivity contribution in [1.29, 1.82) is 0 Å². The molecule has 31 heavy (non-hydrogen) atoms. The first-order valence-electron chi connectivity index (χ1n) is 10.6. The summed E-state index contributed by atoms with van der Waals surface area (Å²) >= 11 is 0. The highest BCUT2D eigenvalue weighted by Gasteiger charge is 2.30. The molecule has 7 heteroatoms. The van der Waals surface area contributed by atoms with Crippen LogP contribution in [0.15, 0.2) is 53.4 Å².